The van der Waals surface area contributed by atoms with Crippen molar-refractivity contribution in [3.63, 3.8) is 0 Å². The van der Waals surface area contributed by atoms with E-state index in [-0.39, 0.29) is 6.03 Å². The number of benzene rings is 1. The van der Waals surface area contributed by atoms with E-state index in [2.05, 4.69) is 15.4 Å². The number of fused-ring (bicyclic) bond motifs is 1. The molecule has 1 aliphatic rings. The van der Waals surface area contributed by atoms with Gasteiger partial charge in [0.15, 0.2) is 17.3 Å². The van der Waals surface area contributed by atoms with E-state index in [1.807, 2.05) is 30.5 Å². The minimum atomic E-state index is -0.167. The maximum Gasteiger partial charge on any atom is 0.323 e. The molecule has 2 amide bonds. The fourth-order valence-electron chi connectivity index (χ4n) is 3.44. The number of methoxy groups -OCH3 is 2. The zero-order valence-corrected chi connectivity index (χ0v) is 16.5. The largest absolute Gasteiger partial charge is 0.493 e. The molecule has 0 saturated carbocycles. The van der Waals surface area contributed by atoms with Crippen LogP contribution < -0.4 is 14.8 Å². The van der Waals surface area contributed by atoms with E-state index in [0.29, 0.717) is 37.0 Å². The fraction of sp³-hybridized carbons (Fsp3) is 0.286. The summed E-state index contributed by atoms with van der Waals surface area (Å²) in [7, 11) is 3.24. The lowest BCUT2D eigenvalue weighted by Gasteiger charge is -2.29. The van der Waals surface area contributed by atoms with Crippen LogP contribution in [-0.4, -0.2) is 46.5 Å². The van der Waals surface area contributed by atoms with Crippen molar-refractivity contribution in [2.75, 3.05) is 26.1 Å². The van der Waals surface area contributed by atoms with Crippen LogP contribution in [0.1, 0.15) is 16.7 Å². The van der Waals surface area contributed by atoms with Crippen LogP contribution >= 0.6 is 0 Å². The van der Waals surface area contributed by atoms with Gasteiger partial charge < -0.3 is 14.4 Å². The zero-order valence-electron chi connectivity index (χ0n) is 16.5. The Morgan fingerprint density at radius 2 is 1.83 bits per heavy atom. The average Bonchev–Trinajstić information content (AvgIpc) is 3.19. The Kier molecular flexibility index (Phi) is 5.33. The highest BCUT2D eigenvalue weighted by Gasteiger charge is 2.23. The molecule has 150 valence electrons. The lowest BCUT2D eigenvalue weighted by atomic mass is 9.99. The van der Waals surface area contributed by atoms with E-state index < -0.39 is 0 Å². The maximum atomic E-state index is 12.7. The number of carbonyl (C=O) groups excluding carboxylic acids is 1. The zero-order chi connectivity index (χ0) is 20.2. The molecule has 1 aromatic carbocycles. The van der Waals surface area contributed by atoms with Gasteiger partial charge in [0.25, 0.3) is 0 Å². The molecule has 3 aromatic rings. The van der Waals surface area contributed by atoms with Crippen LogP contribution in [0.2, 0.25) is 0 Å². The molecule has 0 bridgehead atoms. The number of ether oxygens (including phenoxy) is 2. The van der Waals surface area contributed by atoms with Crippen LogP contribution in [0.25, 0.3) is 0 Å². The van der Waals surface area contributed by atoms with Crippen LogP contribution in [0.5, 0.6) is 11.5 Å². The van der Waals surface area contributed by atoms with Crippen molar-refractivity contribution >= 4 is 11.8 Å². The number of pyridine rings is 1. The molecule has 3 heterocycles. The third-order valence-electron chi connectivity index (χ3n) is 4.97. The molecule has 0 radical (unpaired) electrons. The summed E-state index contributed by atoms with van der Waals surface area (Å²) in [5.74, 6) is 1.91. The van der Waals surface area contributed by atoms with Crippen molar-refractivity contribution in [3.8, 4) is 11.5 Å². The Balaban J connectivity index is 1.41. The molecule has 29 heavy (non-hydrogen) atoms. The van der Waals surface area contributed by atoms with Gasteiger partial charge in [0.05, 0.1) is 20.8 Å². The first-order chi connectivity index (χ1) is 14.2. The normalized spacial score (nSPS) is 13.0. The summed E-state index contributed by atoms with van der Waals surface area (Å²) in [6.07, 6.45) is 6.11. The molecule has 8 heteroatoms. The van der Waals surface area contributed by atoms with Crippen molar-refractivity contribution in [1.82, 2.24) is 19.7 Å². The van der Waals surface area contributed by atoms with E-state index >= 15 is 0 Å². The number of anilines is 1. The second-order valence-electron chi connectivity index (χ2n) is 6.83. The van der Waals surface area contributed by atoms with E-state index in [1.165, 1.54) is 5.56 Å². The fourth-order valence-corrected chi connectivity index (χ4v) is 3.44. The predicted molar refractivity (Wildman–Crippen MR) is 108 cm³/mol. The van der Waals surface area contributed by atoms with E-state index in [9.17, 15) is 4.79 Å². The minimum Gasteiger partial charge on any atom is -0.493 e. The molecule has 4 rings (SSSR count). The third kappa shape index (κ3) is 4.16. The van der Waals surface area contributed by atoms with Gasteiger partial charge in [0, 0.05) is 37.7 Å². The predicted octanol–water partition coefficient (Wildman–Crippen LogP) is 2.93. The highest BCUT2D eigenvalue weighted by molar-refractivity contribution is 5.88. The van der Waals surface area contributed by atoms with Crippen LogP contribution in [-0.2, 0) is 19.5 Å². The number of hydrogen-bond acceptors (Lipinski definition) is 5. The summed E-state index contributed by atoms with van der Waals surface area (Å²) in [6.45, 7) is 1.77. The van der Waals surface area contributed by atoms with E-state index in [1.54, 1.807) is 42.3 Å². The lowest BCUT2D eigenvalue weighted by molar-refractivity contribution is 0.206. The van der Waals surface area contributed by atoms with Crippen molar-refractivity contribution < 1.29 is 14.3 Å². The summed E-state index contributed by atoms with van der Waals surface area (Å²) in [6, 6.07) is 9.44. The summed E-state index contributed by atoms with van der Waals surface area (Å²) < 4.78 is 12.5. The van der Waals surface area contributed by atoms with Crippen molar-refractivity contribution in [2.45, 2.75) is 19.5 Å². The van der Waals surface area contributed by atoms with Gasteiger partial charge in [-0.1, -0.05) is 0 Å². The quantitative estimate of drug-likeness (QED) is 0.721. The third-order valence-corrected chi connectivity index (χ3v) is 4.97. The molecule has 1 N–H and O–H groups in total. The van der Waals surface area contributed by atoms with Crippen LogP contribution in [0.15, 0.2) is 48.9 Å². The Morgan fingerprint density at radius 3 is 2.55 bits per heavy atom. The molecular formula is C21H23N5O3. The van der Waals surface area contributed by atoms with Crippen LogP contribution in [0.4, 0.5) is 10.6 Å². The first kappa shape index (κ1) is 18.8. The first-order valence-electron chi connectivity index (χ1n) is 9.38. The van der Waals surface area contributed by atoms with Gasteiger partial charge in [-0.15, -0.1) is 0 Å². The summed E-state index contributed by atoms with van der Waals surface area (Å²) >= 11 is 0. The molecule has 1 aliphatic heterocycles. The summed E-state index contributed by atoms with van der Waals surface area (Å²) in [5.41, 5.74) is 3.33. The minimum absolute atomic E-state index is 0.167. The molecule has 0 saturated heterocycles. The molecule has 0 aliphatic carbocycles. The Hall–Kier alpha value is -3.55. The van der Waals surface area contributed by atoms with Gasteiger partial charge in [-0.2, -0.15) is 5.10 Å². The maximum absolute atomic E-state index is 12.7. The van der Waals surface area contributed by atoms with Gasteiger partial charge in [-0.3, -0.25) is 15.0 Å². The van der Waals surface area contributed by atoms with E-state index in [4.69, 9.17) is 9.47 Å². The highest BCUT2D eigenvalue weighted by Crippen LogP contribution is 2.33. The van der Waals surface area contributed by atoms with Crippen molar-refractivity contribution in [1.29, 1.82) is 0 Å². The lowest BCUT2D eigenvalue weighted by Crippen LogP contribution is -2.39. The second-order valence-corrected chi connectivity index (χ2v) is 6.83. The molecule has 2 aromatic heterocycles. The number of rotatable bonds is 5. The highest BCUT2D eigenvalue weighted by atomic mass is 16.5. The topological polar surface area (TPSA) is 81.5 Å². The monoisotopic (exact) mass is 393 g/mol. The number of nitrogens with one attached hydrogen (secondary N) is 1. The standard InChI is InChI=1S/C21H23N5O3/c1-28-18-11-16-5-9-25(14-17(16)12-19(18)29-2)21(27)23-20-6-10-26(24-20)13-15-3-7-22-8-4-15/h3-4,6-8,10-12H,5,9,13-14H2,1-2H3,(H,23,24,27). The number of carbonyl (C=O) groups is 1. The van der Waals surface area contributed by atoms with Gasteiger partial charge in [-0.05, 0) is 47.4 Å². The van der Waals surface area contributed by atoms with Gasteiger partial charge >= 0.3 is 6.03 Å². The van der Waals surface area contributed by atoms with Gasteiger partial charge in [0.1, 0.15) is 0 Å². The molecule has 0 atom stereocenters. The van der Waals surface area contributed by atoms with Crippen molar-refractivity contribution in [3.05, 3.63) is 65.6 Å². The first-order valence-corrected chi connectivity index (χ1v) is 9.38. The smallest absolute Gasteiger partial charge is 0.323 e. The SMILES string of the molecule is COc1cc2c(cc1OC)CN(C(=O)Nc1ccn(Cc3ccncc3)n1)CC2. The number of urea groups is 1. The second kappa shape index (κ2) is 8.22. The summed E-state index contributed by atoms with van der Waals surface area (Å²) in [4.78, 5) is 18.5. The van der Waals surface area contributed by atoms with Gasteiger partial charge in [0.2, 0.25) is 0 Å². The average molecular weight is 393 g/mol. The number of aromatic nitrogens is 3. The van der Waals surface area contributed by atoms with Crippen LogP contribution in [0, 0.1) is 0 Å². The Morgan fingerprint density at radius 1 is 1.10 bits per heavy atom. The van der Waals surface area contributed by atoms with Crippen LogP contribution in [0.3, 0.4) is 0 Å². The van der Waals surface area contributed by atoms with Crippen molar-refractivity contribution in [2.24, 2.45) is 0 Å². The number of nitrogens with zero attached hydrogens (tertiary/aromatic N) is 4. The van der Waals surface area contributed by atoms with Gasteiger partial charge in [-0.25, -0.2) is 4.79 Å². The number of amides is 2. The molecule has 0 spiro atoms. The summed E-state index contributed by atoms with van der Waals surface area (Å²) in [5, 5.41) is 7.32. The molecule has 0 fully saturated rings. The molecule has 0 unspecified atom stereocenters. The Bertz CT molecular complexity index is 1000. The van der Waals surface area contributed by atoms with E-state index in [0.717, 1.165) is 17.5 Å². The number of hydrogen-bond donors (Lipinski definition) is 1. The molecule has 8 nitrogen and oxygen atoms in total. The Labute approximate surface area is 169 Å². The molecular weight excluding hydrogens is 370 g/mol.